The molecule has 0 N–H and O–H groups in total. The van der Waals surface area contributed by atoms with Crippen LogP contribution in [0.1, 0.15) is 71.1 Å². The van der Waals surface area contributed by atoms with Crippen LogP contribution in [-0.4, -0.2) is 0 Å². The highest BCUT2D eigenvalue weighted by Gasteiger charge is 1.88. The van der Waals surface area contributed by atoms with Crippen LogP contribution in [0.25, 0.3) is 0 Å². The van der Waals surface area contributed by atoms with Crippen molar-refractivity contribution >= 4 is 0 Å². The van der Waals surface area contributed by atoms with E-state index in [1.54, 1.807) is 0 Å². The third-order valence-electron chi connectivity index (χ3n) is 2.80. The molecule has 0 amide bonds. The molecule has 0 nitrogen and oxygen atoms in total. The molecule has 0 aromatic carbocycles. The molecule has 0 saturated carbocycles. The molecule has 0 rings (SSSR count). The molecular formula is C16H29. The summed E-state index contributed by atoms with van der Waals surface area (Å²) in [5.74, 6) is 0. The molecule has 0 aliphatic heterocycles. The van der Waals surface area contributed by atoms with Gasteiger partial charge in [-0.2, -0.15) is 0 Å². The maximum Gasteiger partial charge on any atom is -0.0316 e. The minimum atomic E-state index is 1.21. The van der Waals surface area contributed by atoms with E-state index in [0.717, 1.165) is 0 Å². The molecule has 0 bridgehead atoms. The summed E-state index contributed by atoms with van der Waals surface area (Å²) >= 11 is 0. The van der Waals surface area contributed by atoms with Crippen LogP contribution in [-0.2, 0) is 0 Å². The minimum Gasteiger partial charge on any atom is -0.0885 e. The number of allylic oxidation sites excluding steroid dienone is 4. The van der Waals surface area contributed by atoms with E-state index >= 15 is 0 Å². The van der Waals surface area contributed by atoms with E-state index in [1.165, 1.54) is 64.2 Å². The second kappa shape index (κ2) is 14.5. The van der Waals surface area contributed by atoms with Gasteiger partial charge in [0.25, 0.3) is 0 Å². The Labute approximate surface area is 103 Å². The molecule has 0 aromatic rings. The zero-order valence-corrected chi connectivity index (χ0v) is 11.1. The highest BCUT2D eigenvalue weighted by molar-refractivity contribution is 4.83. The van der Waals surface area contributed by atoms with Gasteiger partial charge in [0.1, 0.15) is 0 Å². The molecule has 0 spiro atoms. The molecule has 0 heterocycles. The lowest BCUT2D eigenvalue weighted by Crippen LogP contribution is -1.78. The summed E-state index contributed by atoms with van der Waals surface area (Å²) in [6, 6.07) is 0. The summed E-state index contributed by atoms with van der Waals surface area (Å²) in [5, 5.41) is 0. The van der Waals surface area contributed by atoms with E-state index in [4.69, 9.17) is 0 Å². The predicted molar refractivity (Wildman–Crippen MR) is 75.5 cm³/mol. The van der Waals surface area contributed by atoms with E-state index < -0.39 is 0 Å². The summed E-state index contributed by atoms with van der Waals surface area (Å²) in [5.41, 5.74) is 0. The number of hydrogen-bond donors (Lipinski definition) is 0. The quantitative estimate of drug-likeness (QED) is 0.303. The number of unbranched alkanes of at least 4 members (excludes halogenated alkanes) is 8. The van der Waals surface area contributed by atoms with Crippen molar-refractivity contribution in [2.75, 3.05) is 0 Å². The molecule has 0 aliphatic carbocycles. The fraction of sp³-hybridized carbons (Fsp3) is 0.688. The molecule has 0 atom stereocenters. The van der Waals surface area contributed by atoms with Gasteiger partial charge >= 0.3 is 0 Å². The first-order valence-electron chi connectivity index (χ1n) is 7.01. The van der Waals surface area contributed by atoms with Gasteiger partial charge in [-0.15, -0.1) is 0 Å². The Balaban J connectivity index is 3.00. The van der Waals surface area contributed by atoms with Crippen LogP contribution in [0, 0.1) is 6.92 Å². The van der Waals surface area contributed by atoms with Gasteiger partial charge < -0.3 is 0 Å². The van der Waals surface area contributed by atoms with Gasteiger partial charge in [0.2, 0.25) is 0 Å². The van der Waals surface area contributed by atoms with Crippen LogP contribution in [0.2, 0.25) is 0 Å². The first-order valence-corrected chi connectivity index (χ1v) is 7.01. The average molecular weight is 221 g/mol. The highest BCUT2D eigenvalue weighted by Crippen LogP contribution is 2.08. The SMILES string of the molecule is [CH2]C=CCCCCCCCC=CCCCC. The lowest BCUT2D eigenvalue weighted by molar-refractivity contribution is 0.621. The molecule has 1 radical (unpaired) electrons. The van der Waals surface area contributed by atoms with Crippen LogP contribution in [0.5, 0.6) is 0 Å². The smallest absolute Gasteiger partial charge is 0.0316 e. The molecule has 0 heteroatoms. The van der Waals surface area contributed by atoms with Crippen LogP contribution in [0.15, 0.2) is 24.3 Å². The van der Waals surface area contributed by atoms with Crippen molar-refractivity contribution in [2.45, 2.75) is 71.1 Å². The van der Waals surface area contributed by atoms with Gasteiger partial charge in [-0.05, 0) is 39.0 Å². The molecule has 0 aromatic heterocycles. The lowest BCUT2D eigenvalue weighted by Gasteiger charge is -1.98. The summed E-state index contributed by atoms with van der Waals surface area (Å²) in [7, 11) is 0. The fourth-order valence-electron chi connectivity index (χ4n) is 1.73. The Morgan fingerprint density at radius 3 is 1.75 bits per heavy atom. The summed E-state index contributed by atoms with van der Waals surface area (Å²) in [6.07, 6.45) is 22.1. The molecule has 0 unspecified atom stereocenters. The van der Waals surface area contributed by atoms with Crippen molar-refractivity contribution in [1.29, 1.82) is 0 Å². The van der Waals surface area contributed by atoms with Crippen LogP contribution >= 0.6 is 0 Å². The van der Waals surface area contributed by atoms with Crippen LogP contribution < -0.4 is 0 Å². The minimum absolute atomic E-state index is 1.21. The topological polar surface area (TPSA) is 0 Å². The van der Waals surface area contributed by atoms with Crippen molar-refractivity contribution in [3.63, 3.8) is 0 Å². The van der Waals surface area contributed by atoms with E-state index in [0.29, 0.717) is 0 Å². The molecule has 0 aliphatic rings. The first kappa shape index (κ1) is 15.5. The normalized spacial score (nSPS) is 11.9. The van der Waals surface area contributed by atoms with Gasteiger partial charge in [-0.25, -0.2) is 0 Å². The Bertz CT molecular complexity index is 165. The van der Waals surface area contributed by atoms with Crippen LogP contribution in [0.4, 0.5) is 0 Å². The van der Waals surface area contributed by atoms with Gasteiger partial charge in [-0.1, -0.05) is 63.3 Å². The van der Waals surface area contributed by atoms with Crippen molar-refractivity contribution in [3.8, 4) is 0 Å². The standard InChI is InChI=1S/C16H29/c1-3-5-7-9-11-13-15-16-14-12-10-8-6-4-2/h3,5,10,12H,1,4,6-9,11,13-16H2,2H3. The zero-order valence-electron chi connectivity index (χ0n) is 11.1. The van der Waals surface area contributed by atoms with Crippen LogP contribution in [0.3, 0.4) is 0 Å². The maximum absolute atomic E-state index is 3.69. The van der Waals surface area contributed by atoms with Crippen molar-refractivity contribution < 1.29 is 0 Å². The number of hydrogen-bond acceptors (Lipinski definition) is 0. The Morgan fingerprint density at radius 2 is 1.19 bits per heavy atom. The number of rotatable bonds is 11. The first-order chi connectivity index (χ1) is 7.91. The second-order valence-corrected chi connectivity index (χ2v) is 4.43. The van der Waals surface area contributed by atoms with Gasteiger partial charge in [0, 0.05) is 0 Å². The van der Waals surface area contributed by atoms with Gasteiger partial charge in [0.05, 0.1) is 0 Å². The second-order valence-electron chi connectivity index (χ2n) is 4.43. The van der Waals surface area contributed by atoms with E-state index in [-0.39, 0.29) is 0 Å². The van der Waals surface area contributed by atoms with E-state index in [1.807, 2.05) is 6.08 Å². The Kier molecular flexibility index (Phi) is 14.0. The maximum atomic E-state index is 3.69. The molecule has 0 saturated heterocycles. The predicted octanol–water partition coefficient (Wildman–Crippen LogP) is 5.85. The summed E-state index contributed by atoms with van der Waals surface area (Å²) in [6.45, 7) is 5.93. The Morgan fingerprint density at radius 1 is 0.688 bits per heavy atom. The Hall–Kier alpha value is -0.520. The highest BCUT2D eigenvalue weighted by atomic mass is 13.9. The third kappa shape index (κ3) is 13.5. The molecular weight excluding hydrogens is 192 g/mol. The van der Waals surface area contributed by atoms with Crippen molar-refractivity contribution in [3.05, 3.63) is 31.2 Å². The summed E-state index contributed by atoms with van der Waals surface area (Å²) in [4.78, 5) is 0. The van der Waals surface area contributed by atoms with Gasteiger partial charge in [0.15, 0.2) is 0 Å². The van der Waals surface area contributed by atoms with Gasteiger partial charge in [-0.3, -0.25) is 0 Å². The fourth-order valence-corrected chi connectivity index (χ4v) is 1.73. The molecule has 16 heavy (non-hydrogen) atoms. The third-order valence-corrected chi connectivity index (χ3v) is 2.80. The largest absolute Gasteiger partial charge is 0.0885 e. The van der Waals surface area contributed by atoms with E-state index in [9.17, 15) is 0 Å². The summed E-state index contributed by atoms with van der Waals surface area (Å²) < 4.78 is 0. The average Bonchev–Trinajstić information content (AvgIpc) is 2.31. The lowest BCUT2D eigenvalue weighted by atomic mass is 10.1. The van der Waals surface area contributed by atoms with E-state index in [2.05, 4.69) is 32.1 Å². The molecule has 93 valence electrons. The van der Waals surface area contributed by atoms with Crippen molar-refractivity contribution in [2.24, 2.45) is 0 Å². The monoisotopic (exact) mass is 221 g/mol. The van der Waals surface area contributed by atoms with Crippen molar-refractivity contribution in [1.82, 2.24) is 0 Å². The zero-order chi connectivity index (χ0) is 11.9. The molecule has 0 fully saturated rings.